The highest BCUT2D eigenvalue weighted by atomic mass is 16.6. The summed E-state index contributed by atoms with van der Waals surface area (Å²) < 4.78 is 5.46. The van der Waals surface area contributed by atoms with Crippen LogP contribution in [0, 0.1) is 5.92 Å². The van der Waals surface area contributed by atoms with Gasteiger partial charge in [-0.15, -0.1) is 0 Å². The van der Waals surface area contributed by atoms with Crippen LogP contribution < -0.4 is 5.32 Å². The highest BCUT2D eigenvalue weighted by Gasteiger charge is 2.24. The van der Waals surface area contributed by atoms with Crippen molar-refractivity contribution in [3.05, 3.63) is 30.3 Å². The molecule has 17 heavy (non-hydrogen) atoms. The van der Waals surface area contributed by atoms with Crippen LogP contribution in [0.5, 0.6) is 0 Å². The lowest BCUT2D eigenvalue weighted by molar-refractivity contribution is 0.0524. The van der Waals surface area contributed by atoms with Crippen molar-refractivity contribution >= 4 is 11.8 Å². The van der Waals surface area contributed by atoms with Crippen molar-refractivity contribution in [1.82, 2.24) is 0 Å². The first-order valence-electron chi connectivity index (χ1n) is 6.28. The minimum atomic E-state index is -0.338. The van der Waals surface area contributed by atoms with Crippen LogP contribution in [-0.2, 0) is 4.74 Å². The topological polar surface area (TPSA) is 38.3 Å². The van der Waals surface area contributed by atoms with Gasteiger partial charge >= 0.3 is 6.09 Å². The zero-order valence-electron chi connectivity index (χ0n) is 10.2. The number of carbonyl (C=O) groups is 1. The third-order valence-corrected chi connectivity index (χ3v) is 3.31. The lowest BCUT2D eigenvalue weighted by Crippen LogP contribution is -2.30. The van der Waals surface area contributed by atoms with Gasteiger partial charge < -0.3 is 4.74 Å². The number of anilines is 1. The van der Waals surface area contributed by atoms with E-state index in [-0.39, 0.29) is 12.2 Å². The van der Waals surface area contributed by atoms with Gasteiger partial charge in [-0.3, -0.25) is 5.32 Å². The molecule has 92 valence electrons. The van der Waals surface area contributed by atoms with Crippen molar-refractivity contribution in [3.63, 3.8) is 0 Å². The zero-order valence-corrected chi connectivity index (χ0v) is 10.2. The normalized spacial score (nSPS) is 24.1. The summed E-state index contributed by atoms with van der Waals surface area (Å²) in [6, 6.07) is 9.40. The molecule has 1 saturated carbocycles. The third-order valence-electron chi connectivity index (χ3n) is 3.31. The van der Waals surface area contributed by atoms with Crippen molar-refractivity contribution in [2.75, 3.05) is 5.32 Å². The number of carbonyl (C=O) groups excluding carboxylic acids is 1. The molecule has 0 saturated heterocycles. The van der Waals surface area contributed by atoms with Gasteiger partial charge in [-0.1, -0.05) is 31.5 Å². The maximum absolute atomic E-state index is 11.7. The fourth-order valence-corrected chi connectivity index (χ4v) is 2.26. The summed E-state index contributed by atoms with van der Waals surface area (Å²) in [6.45, 7) is 2.15. The summed E-state index contributed by atoms with van der Waals surface area (Å²) in [5.41, 5.74) is 0.779. The molecule has 2 rings (SSSR count). The van der Waals surface area contributed by atoms with E-state index >= 15 is 0 Å². The molecule has 1 aliphatic carbocycles. The molecule has 0 bridgehead atoms. The lowest BCUT2D eigenvalue weighted by atomic mass is 9.88. The molecule has 0 radical (unpaired) electrons. The summed E-state index contributed by atoms with van der Waals surface area (Å²) in [4.78, 5) is 11.7. The van der Waals surface area contributed by atoms with Crippen molar-refractivity contribution in [2.24, 2.45) is 5.92 Å². The van der Waals surface area contributed by atoms with Crippen LogP contribution in [0.4, 0.5) is 10.5 Å². The van der Waals surface area contributed by atoms with E-state index in [1.807, 2.05) is 30.3 Å². The summed E-state index contributed by atoms with van der Waals surface area (Å²) in [7, 11) is 0. The Morgan fingerprint density at radius 3 is 2.65 bits per heavy atom. The Balaban J connectivity index is 1.84. The van der Waals surface area contributed by atoms with Crippen LogP contribution in [-0.4, -0.2) is 12.2 Å². The van der Waals surface area contributed by atoms with E-state index < -0.39 is 0 Å². The standard InChI is InChI=1S/C14H19NO2/c1-11-7-5-6-10-13(11)17-14(16)15-12-8-3-2-4-9-12/h2-4,8-9,11,13H,5-7,10H2,1H3,(H,15,16)/t11-,13-/m0/s1. The van der Waals surface area contributed by atoms with Crippen molar-refractivity contribution in [1.29, 1.82) is 0 Å². The molecule has 0 spiro atoms. The molecule has 1 aliphatic rings. The average molecular weight is 233 g/mol. The van der Waals surface area contributed by atoms with Crippen LogP contribution in [0.15, 0.2) is 30.3 Å². The molecule has 0 heterocycles. The Kier molecular flexibility index (Phi) is 4.02. The predicted molar refractivity (Wildman–Crippen MR) is 68.0 cm³/mol. The van der Waals surface area contributed by atoms with E-state index in [2.05, 4.69) is 12.2 Å². The van der Waals surface area contributed by atoms with Crippen LogP contribution in [0.2, 0.25) is 0 Å². The SMILES string of the molecule is C[C@H]1CCCC[C@@H]1OC(=O)Nc1ccccc1. The molecular formula is C14H19NO2. The van der Waals surface area contributed by atoms with Gasteiger partial charge in [0.15, 0.2) is 0 Å². The number of ether oxygens (including phenoxy) is 1. The number of hydrogen-bond donors (Lipinski definition) is 1. The van der Waals surface area contributed by atoms with Gasteiger partial charge in [-0.05, 0) is 37.3 Å². The molecule has 3 nitrogen and oxygen atoms in total. The van der Waals surface area contributed by atoms with Gasteiger partial charge in [0.2, 0.25) is 0 Å². The number of nitrogens with one attached hydrogen (secondary N) is 1. The first-order valence-corrected chi connectivity index (χ1v) is 6.28. The molecule has 0 aliphatic heterocycles. The smallest absolute Gasteiger partial charge is 0.411 e. The monoisotopic (exact) mass is 233 g/mol. The highest BCUT2D eigenvalue weighted by molar-refractivity contribution is 5.84. The molecular weight excluding hydrogens is 214 g/mol. The molecule has 1 aromatic carbocycles. The Morgan fingerprint density at radius 2 is 1.94 bits per heavy atom. The minimum absolute atomic E-state index is 0.0764. The number of rotatable bonds is 2. The van der Waals surface area contributed by atoms with E-state index in [0.29, 0.717) is 5.92 Å². The van der Waals surface area contributed by atoms with Gasteiger partial charge in [0, 0.05) is 5.69 Å². The molecule has 0 unspecified atom stereocenters. The maximum atomic E-state index is 11.7. The van der Waals surface area contributed by atoms with E-state index in [4.69, 9.17) is 4.74 Å². The van der Waals surface area contributed by atoms with Crippen LogP contribution in [0.25, 0.3) is 0 Å². The Bertz CT molecular complexity index is 364. The fourth-order valence-electron chi connectivity index (χ4n) is 2.26. The molecule has 2 atom stereocenters. The van der Waals surface area contributed by atoms with Crippen LogP contribution >= 0.6 is 0 Å². The van der Waals surface area contributed by atoms with Gasteiger partial charge in [0.1, 0.15) is 6.10 Å². The summed E-state index contributed by atoms with van der Waals surface area (Å²) in [5.74, 6) is 0.477. The predicted octanol–water partition coefficient (Wildman–Crippen LogP) is 3.81. The molecule has 3 heteroatoms. The summed E-state index contributed by atoms with van der Waals surface area (Å²) in [6.07, 6.45) is 4.30. The average Bonchev–Trinajstić information content (AvgIpc) is 2.33. The number of hydrogen-bond acceptors (Lipinski definition) is 2. The van der Waals surface area contributed by atoms with Gasteiger partial charge in [0.25, 0.3) is 0 Å². The number of benzene rings is 1. The van der Waals surface area contributed by atoms with Crippen molar-refractivity contribution in [3.8, 4) is 0 Å². The molecule has 1 amide bonds. The highest BCUT2D eigenvalue weighted by Crippen LogP contribution is 2.26. The van der Waals surface area contributed by atoms with E-state index in [1.165, 1.54) is 6.42 Å². The number of para-hydroxylation sites is 1. The fraction of sp³-hybridized carbons (Fsp3) is 0.500. The Hall–Kier alpha value is -1.51. The van der Waals surface area contributed by atoms with E-state index in [1.54, 1.807) is 0 Å². The minimum Gasteiger partial charge on any atom is -0.446 e. The van der Waals surface area contributed by atoms with Gasteiger partial charge in [-0.25, -0.2) is 4.79 Å². The number of amides is 1. The van der Waals surface area contributed by atoms with Crippen LogP contribution in [0.3, 0.4) is 0 Å². The first kappa shape index (κ1) is 12.0. The quantitative estimate of drug-likeness (QED) is 0.843. The zero-order chi connectivity index (χ0) is 12.1. The molecule has 1 N–H and O–H groups in total. The second kappa shape index (κ2) is 5.71. The third kappa shape index (κ3) is 3.48. The second-order valence-corrected chi connectivity index (χ2v) is 4.70. The van der Waals surface area contributed by atoms with Gasteiger partial charge in [-0.2, -0.15) is 0 Å². The van der Waals surface area contributed by atoms with Crippen LogP contribution in [0.1, 0.15) is 32.6 Å². The second-order valence-electron chi connectivity index (χ2n) is 4.70. The lowest BCUT2D eigenvalue weighted by Gasteiger charge is -2.28. The van der Waals surface area contributed by atoms with Crippen molar-refractivity contribution in [2.45, 2.75) is 38.7 Å². The largest absolute Gasteiger partial charge is 0.446 e. The molecule has 0 aromatic heterocycles. The summed E-state index contributed by atoms with van der Waals surface area (Å²) in [5, 5.41) is 2.75. The molecule has 1 fully saturated rings. The molecule has 1 aromatic rings. The summed E-state index contributed by atoms with van der Waals surface area (Å²) >= 11 is 0. The van der Waals surface area contributed by atoms with E-state index in [9.17, 15) is 4.79 Å². The van der Waals surface area contributed by atoms with Gasteiger partial charge in [0.05, 0.1) is 0 Å². The van der Waals surface area contributed by atoms with E-state index in [0.717, 1.165) is 24.9 Å². The Labute approximate surface area is 102 Å². The first-order chi connectivity index (χ1) is 8.25. The maximum Gasteiger partial charge on any atom is 0.411 e. The Morgan fingerprint density at radius 1 is 1.24 bits per heavy atom. The van der Waals surface area contributed by atoms with Crippen molar-refractivity contribution < 1.29 is 9.53 Å².